The van der Waals surface area contributed by atoms with Crippen molar-refractivity contribution in [1.82, 2.24) is 4.98 Å². The number of pyridine rings is 1. The van der Waals surface area contributed by atoms with E-state index in [2.05, 4.69) is 57.4 Å². The van der Waals surface area contributed by atoms with Crippen molar-refractivity contribution < 1.29 is 0 Å². The standard InChI is InChI=1S/C15H17BrN2/c1-2-12-11-13(16)6-7-15(12)18-10-8-14-5-3-4-9-17-14/h3-7,9,11,18H,2,8,10H2,1H3. The van der Waals surface area contributed by atoms with Crippen molar-refractivity contribution in [3.8, 4) is 0 Å². The molecule has 0 saturated carbocycles. The third-order valence-corrected chi connectivity index (χ3v) is 3.36. The molecule has 2 aromatic rings. The summed E-state index contributed by atoms with van der Waals surface area (Å²) in [5.41, 5.74) is 3.68. The van der Waals surface area contributed by atoms with Crippen LogP contribution < -0.4 is 5.32 Å². The zero-order valence-corrected chi connectivity index (χ0v) is 12.1. The van der Waals surface area contributed by atoms with Gasteiger partial charge in [-0.05, 0) is 42.3 Å². The highest BCUT2D eigenvalue weighted by molar-refractivity contribution is 9.10. The molecule has 0 fully saturated rings. The van der Waals surface area contributed by atoms with Gasteiger partial charge in [-0.2, -0.15) is 0 Å². The highest BCUT2D eigenvalue weighted by atomic mass is 79.9. The predicted octanol–water partition coefficient (Wildman–Crippen LogP) is 4.06. The number of nitrogens with zero attached hydrogens (tertiary/aromatic N) is 1. The van der Waals surface area contributed by atoms with Gasteiger partial charge in [-0.1, -0.05) is 28.9 Å². The SMILES string of the molecule is CCc1cc(Br)ccc1NCCc1ccccn1. The Hall–Kier alpha value is -1.35. The number of nitrogens with one attached hydrogen (secondary N) is 1. The molecule has 3 heteroatoms. The lowest BCUT2D eigenvalue weighted by Crippen LogP contribution is -2.07. The van der Waals surface area contributed by atoms with Gasteiger partial charge in [0, 0.05) is 35.0 Å². The molecule has 0 bridgehead atoms. The Balaban J connectivity index is 1.94. The molecule has 1 N–H and O–H groups in total. The van der Waals surface area contributed by atoms with Crippen LogP contribution in [0.2, 0.25) is 0 Å². The topological polar surface area (TPSA) is 24.9 Å². The second kappa shape index (κ2) is 6.55. The summed E-state index contributed by atoms with van der Waals surface area (Å²) < 4.78 is 1.13. The maximum Gasteiger partial charge on any atom is 0.0421 e. The fourth-order valence-electron chi connectivity index (χ4n) is 1.90. The van der Waals surface area contributed by atoms with Gasteiger partial charge in [-0.3, -0.25) is 4.98 Å². The number of hydrogen-bond donors (Lipinski definition) is 1. The van der Waals surface area contributed by atoms with Gasteiger partial charge < -0.3 is 5.32 Å². The first-order chi connectivity index (χ1) is 8.79. The Kier molecular flexibility index (Phi) is 4.76. The monoisotopic (exact) mass is 304 g/mol. The van der Waals surface area contributed by atoms with Crippen LogP contribution in [-0.4, -0.2) is 11.5 Å². The van der Waals surface area contributed by atoms with Crippen LogP contribution in [0.15, 0.2) is 47.1 Å². The first kappa shape index (κ1) is 13.1. The van der Waals surface area contributed by atoms with Crippen LogP contribution in [0.4, 0.5) is 5.69 Å². The van der Waals surface area contributed by atoms with E-state index in [0.717, 1.165) is 29.6 Å². The van der Waals surface area contributed by atoms with Crippen molar-refractivity contribution in [2.75, 3.05) is 11.9 Å². The summed E-state index contributed by atoms with van der Waals surface area (Å²) in [7, 11) is 0. The lowest BCUT2D eigenvalue weighted by atomic mass is 10.1. The van der Waals surface area contributed by atoms with Gasteiger partial charge in [-0.15, -0.1) is 0 Å². The van der Waals surface area contributed by atoms with E-state index in [1.54, 1.807) is 0 Å². The minimum Gasteiger partial charge on any atom is -0.384 e. The summed E-state index contributed by atoms with van der Waals surface area (Å²) in [6, 6.07) is 12.4. The van der Waals surface area contributed by atoms with E-state index in [0.29, 0.717) is 0 Å². The summed E-state index contributed by atoms with van der Waals surface area (Å²) in [5.74, 6) is 0. The zero-order chi connectivity index (χ0) is 12.8. The van der Waals surface area contributed by atoms with Gasteiger partial charge in [0.1, 0.15) is 0 Å². The van der Waals surface area contributed by atoms with Crippen molar-refractivity contribution in [1.29, 1.82) is 0 Å². The number of anilines is 1. The maximum atomic E-state index is 4.32. The molecule has 0 spiro atoms. The Morgan fingerprint density at radius 1 is 1.22 bits per heavy atom. The molecule has 1 aromatic carbocycles. The number of aromatic nitrogens is 1. The molecule has 0 atom stereocenters. The van der Waals surface area contributed by atoms with Crippen LogP contribution in [0, 0.1) is 0 Å². The molecule has 0 aliphatic rings. The molecule has 1 aromatic heterocycles. The van der Waals surface area contributed by atoms with Gasteiger partial charge in [0.2, 0.25) is 0 Å². The second-order valence-electron chi connectivity index (χ2n) is 4.15. The average Bonchev–Trinajstić information content (AvgIpc) is 2.41. The molecule has 94 valence electrons. The van der Waals surface area contributed by atoms with Crippen LogP contribution in [0.25, 0.3) is 0 Å². The van der Waals surface area contributed by atoms with E-state index >= 15 is 0 Å². The Morgan fingerprint density at radius 3 is 2.83 bits per heavy atom. The number of hydrogen-bond acceptors (Lipinski definition) is 2. The molecule has 0 aliphatic heterocycles. The fraction of sp³-hybridized carbons (Fsp3) is 0.267. The molecule has 18 heavy (non-hydrogen) atoms. The van der Waals surface area contributed by atoms with Crippen molar-refractivity contribution in [3.05, 3.63) is 58.3 Å². The molecule has 2 nitrogen and oxygen atoms in total. The third kappa shape index (κ3) is 3.57. The van der Waals surface area contributed by atoms with Gasteiger partial charge in [0.25, 0.3) is 0 Å². The summed E-state index contributed by atoms with van der Waals surface area (Å²) in [6.07, 6.45) is 3.82. The number of aryl methyl sites for hydroxylation is 1. The molecule has 0 saturated heterocycles. The van der Waals surface area contributed by atoms with Crippen molar-refractivity contribution in [3.63, 3.8) is 0 Å². The average molecular weight is 305 g/mol. The number of benzene rings is 1. The predicted molar refractivity (Wildman–Crippen MR) is 80.0 cm³/mol. The first-order valence-corrected chi connectivity index (χ1v) is 7.01. The lowest BCUT2D eigenvalue weighted by molar-refractivity contribution is 0.956. The van der Waals surface area contributed by atoms with Crippen molar-refractivity contribution in [2.24, 2.45) is 0 Å². The molecular formula is C15H17BrN2. The summed E-state index contributed by atoms with van der Waals surface area (Å²) in [5, 5.41) is 3.48. The smallest absolute Gasteiger partial charge is 0.0421 e. The van der Waals surface area contributed by atoms with Crippen LogP contribution in [0.1, 0.15) is 18.2 Å². The van der Waals surface area contributed by atoms with Gasteiger partial charge in [0.15, 0.2) is 0 Å². The van der Waals surface area contributed by atoms with Crippen LogP contribution >= 0.6 is 15.9 Å². The number of rotatable bonds is 5. The molecule has 2 rings (SSSR count). The van der Waals surface area contributed by atoms with Crippen LogP contribution in [0.3, 0.4) is 0 Å². The van der Waals surface area contributed by atoms with E-state index < -0.39 is 0 Å². The lowest BCUT2D eigenvalue weighted by Gasteiger charge is -2.11. The van der Waals surface area contributed by atoms with Gasteiger partial charge in [0.05, 0.1) is 0 Å². The molecule has 0 aliphatic carbocycles. The number of halogens is 1. The normalized spacial score (nSPS) is 10.3. The minimum absolute atomic E-state index is 0.908. The largest absolute Gasteiger partial charge is 0.384 e. The first-order valence-electron chi connectivity index (χ1n) is 6.22. The van der Waals surface area contributed by atoms with E-state index in [1.165, 1.54) is 11.3 Å². The quantitative estimate of drug-likeness (QED) is 0.901. The highest BCUT2D eigenvalue weighted by Crippen LogP contribution is 2.21. The molecule has 1 heterocycles. The van der Waals surface area contributed by atoms with E-state index in [1.807, 2.05) is 18.3 Å². The summed E-state index contributed by atoms with van der Waals surface area (Å²) >= 11 is 3.50. The third-order valence-electron chi connectivity index (χ3n) is 2.87. The fourth-order valence-corrected chi connectivity index (χ4v) is 2.31. The summed E-state index contributed by atoms with van der Waals surface area (Å²) in [6.45, 7) is 3.08. The van der Waals surface area contributed by atoms with Crippen LogP contribution in [-0.2, 0) is 12.8 Å². The Labute approximate surface area is 117 Å². The van der Waals surface area contributed by atoms with Gasteiger partial charge >= 0.3 is 0 Å². The second-order valence-corrected chi connectivity index (χ2v) is 5.07. The Morgan fingerprint density at radius 2 is 2.11 bits per heavy atom. The maximum absolute atomic E-state index is 4.32. The Bertz CT molecular complexity index is 497. The molecule has 0 amide bonds. The highest BCUT2D eigenvalue weighted by Gasteiger charge is 2.01. The molecule has 0 unspecified atom stereocenters. The van der Waals surface area contributed by atoms with Gasteiger partial charge in [-0.25, -0.2) is 0 Å². The molecular weight excluding hydrogens is 288 g/mol. The van der Waals surface area contributed by atoms with E-state index in [4.69, 9.17) is 0 Å². The van der Waals surface area contributed by atoms with Crippen molar-refractivity contribution >= 4 is 21.6 Å². The summed E-state index contributed by atoms with van der Waals surface area (Å²) in [4.78, 5) is 4.32. The van der Waals surface area contributed by atoms with Crippen molar-refractivity contribution in [2.45, 2.75) is 19.8 Å². The molecule has 0 radical (unpaired) electrons. The zero-order valence-electron chi connectivity index (χ0n) is 10.5. The minimum atomic E-state index is 0.908. The van der Waals surface area contributed by atoms with E-state index in [9.17, 15) is 0 Å². The van der Waals surface area contributed by atoms with Crippen LogP contribution in [0.5, 0.6) is 0 Å². The van der Waals surface area contributed by atoms with E-state index in [-0.39, 0.29) is 0 Å².